The summed E-state index contributed by atoms with van der Waals surface area (Å²) in [6.07, 6.45) is 3.06. The number of benzene rings is 2. The molecule has 2 N–H and O–H groups in total. The molecule has 0 saturated carbocycles. The average Bonchev–Trinajstić information content (AvgIpc) is 3.19. The molecular weight excluding hydrogens is 400 g/mol. The molecule has 2 aromatic carbocycles. The van der Waals surface area contributed by atoms with Gasteiger partial charge in [-0.15, -0.1) is 0 Å². The molecule has 2 heterocycles. The first kappa shape index (κ1) is 20.6. The molecule has 0 bridgehead atoms. The Hall–Kier alpha value is -2.71. The highest BCUT2D eigenvalue weighted by atomic mass is 32.2. The van der Waals surface area contributed by atoms with Crippen molar-refractivity contribution in [3.05, 3.63) is 59.9 Å². The van der Waals surface area contributed by atoms with Crippen LogP contribution in [0.3, 0.4) is 0 Å². The van der Waals surface area contributed by atoms with Crippen molar-refractivity contribution in [2.24, 2.45) is 0 Å². The van der Waals surface area contributed by atoms with E-state index in [2.05, 4.69) is 15.3 Å². The maximum absolute atomic E-state index is 12.7. The summed E-state index contributed by atoms with van der Waals surface area (Å²) in [4.78, 5) is 20.5. The van der Waals surface area contributed by atoms with Gasteiger partial charge in [0.1, 0.15) is 5.82 Å². The van der Waals surface area contributed by atoms with Gasteiger partial charge in [-0.05, 0) is 49.6 Å². The predicted molar refractivity (Wildman–Crippen MR) is 115 cm³/mol. The van der Waals surface area contributed by atoms with Crippen LogP contribution in [-0.4, -0.2) is 41.7 Å². The van der Waals surface area contributed by atoms with Gasteiger partial charge in [0, 0.05) is 13.1 Å². The highest BCUT2D eigenvalue weighted by molar-refractivity contribution is 7.89. The number of carbonyl (C=O) groups excluding carboxylic acids is 1. The van der Waals surface area contributed by atoms with Gasteiger partial charge in [-0.25, -0.2) is 13.4 Å². The monoisotopic (exact) mass is 426 g/mol. The van der Waals surface area contributed by atoms with Gasteiger partial charge in [-0.1, -0.05) is 30.7 Å². The van der Waals surface area contributed by atoms with Crippen molar-refractivity contribution in [2.75, 3.05) is 13.1 Å². The zero-order chi connectivity index (χ0) is 21.1. The van der Waals surface area contributed by atoms with Crippen LogP contribution < -0.4 is 5.32 Å². The molecule has 30 heavy (non-hydrogen) atoms. The number of amides is 1. The van der Waals surface area contributed by atoms with E-state index in [1.807, 2.05) is 31.2 Å². The number of sulfonamides is 1. The van der Waals surface area contributed by atoms with Gasteiger partial charge in [0.15, 0.2) is 0 Å². The third kappa shape index (κ3) is 4.39. The van der Waals surface area contributed by atoms with Crippen molar-refractivity contribution in [2.45, 2.75) is 43.5 Å². The van der Waals surface area contributed by atoms with E-state index in [-0.39, 0.29) is 23.3 Å². The van der Waals surface area contributed by atoms with E-state index < -0.39 is 10.0 Å². The van der Waals surface area contributed by atoms with E-state index in [1.165, 1.54) is 0 Å². The normalized spacial score (nSPS) is 16.4. The highest BCUT2D eigenvalue weighted by Gasteiger charge is 2.25. The maximum Gasteiger partial charge on any atom is 0.243 e. The van der Waals surface area contributed by atoms with Crippen molar-refractivity contribution in [1.29, 1.82) is 0 Å². The number of nitrogens with one attached hydrogen (secondary N) is 2. The van der Waals surface area contributed by atoms with Gasteiger partial charge >= 0.3 is 0 Å². The van der Waals surface area contributed by atoms with Crippen LogP contribution in [-0.2, 0) is 21.2 Å². The van der Waals surface area contributed by atoms with Crippen LogP contribution in [0.4, 0.5) is 0 Å². The van der Waals surface area contributed by atoms with Crippen LogP contribution >= 0.6 is 0 Å². The van der Waals surface area contributed by atoms with Crippen LogP contribution in [0.15, 0.2) is 53.4 Å². The second-order valence-electron chi connectivity index (χ2n) is 7.71. The number of carbonyl (C=O) groups is 1. The SMILES string of the molecule is CC(NC(=O)Cc1ccc(S(=O)(=O)N2CCCCC2)cc1)c1nc2ccccc2[nH]1. The van der Waals surface area contributed by atoms with Crippen LogP contribution in [0.1, 0.15) is 43.6 Å². The first-order valence-electron chi connectivity index (χ1n) is 10.3. The molecule has 1 aliphatic rings. The molecule has 0 aliphatic carbocycles. The smallest absolute Gasteiger partial charge is 0.243 e. The summed E-state index contributed by atoms with van der Waals surface area (Å²) in [6.45, 7) is 3.03. The van der Waals surface area contributed by atoms with Gasteiger partial charge in [-0.3, -0.25) is 4.79 Å². The summed E-state index contributed by atoms with van der Waals surface area (Å²) in [6, 6.07) is 14.1. The molecule has 7 nitrogen and oxygen atoms in total. The summed E-state index contributed by atoms with van der Waals surface area (Å²) >= 11 is 0. The fourth-order valence-electron chi connectivity index (χ4n) is 3.76. The van der Waals surface area contributed by atoms with Gasteiger partial charge in [0.05, 0.1) is 28.4 Å². The third-order valence-electron chi connectivity index (χ3n) is 5.44. The van der Waals surface area contributed by atoms with Crippen molar-refractivity contribution in [1.82, 2.24) is 19.6 Å². The number of rotatable bonds is 6. The number of para-hydroxylation sites is 2. The number of hydrogen-bond acceptors (Lipinski definition) is 4. The number of imidazole rings is 1. The summed E-state index contributed by atoms with van der Waals surface area (Å²) in [5, 5.41) is 2.94. The Morgan fingerprint density at radius 2 is 1.80 bits per heavy atom. The molecule has 1 saturated heterocycles. The van der Waals surface area contributed by atoms with Crippen molar-refractivity contribution >= 4 is 27.0 Å². The Morgan fingerprint density at radius 1 is 1.10 bits per heavy atom. The lowest BCUT2D eigenvalue weighted by atomic mass is 10.1. The van der Waals surface area contributed by atoms with Gasteiger partial charge in [0.2, 0.25) is 15.9 Å². The van der Waals surface area contributed by atoms with Crippen molar-refractivity contribution in [3.8, 4) is 0 Å². The number of fused-ring (bicyclic) bond motifs is 1. The summed E-state index contributed by atoms with van der Waals surface area (Å²) < 4.78 is 27.0. The minimum atomic E-state index is -3.45. The molecular formula is C22H26N4O3S. The Balaban J connectivity index is 1.38. The second-order valence-corrected chi connectivity index (χ2v) is 9.65. The highest BCUT2D eigenvalue weighted by Crippen LogP contribution is 2.21. The third-order valence-corrected chi connectivity index (χ3v) is 7.35. The molecule has 0 spiro atoms. The lowest BCUT2D eigenvalue weighted by molar-refractivity contribution is -0.121. The van der Waals surface area contributed by atoms with E-state index in [4.69, 9.17) is 0 Å². The molecule has 158 valence electrons. The van der Waals surface area contributed by atoms with Crippen LogP contribution in [0.2, 0.25) is 0 Å². The number of aromatic amines is 1. The van der Waals surface area contributed by atoms with Crippen molar-refractivity contribution < 1.29 is 13.2 Å². The molecule has 1 unspecified atom stereocenters. The Morgan fingerprint density at radius 3 is 2.50 bits per heavy atom. The van der Waals surface area contributed by atoms with E-state index in [0.717, 1.165) is 35.9 Å². The lowest BCUT2D eigenvalue weighted by Crippen LogP contribution is -2.35. The Bertz CT molecular complexity index is 1100. The second kappa shape index (κ2) is 8.57. The fraction of sp³-hybridized carbons (Fsp3) is 0.364. The topological polar surface area (TPSA) is 95.2 Å². The molecule has 1 aromatic heterocycles. The molecule has 1 amide bonds. The van der Waals surface area contributed by atoms with E-state index in [0.29, 0.717) is 18.9 Å². The van der Waals surface area contributed by atoms with E-state index in [1.54, 1.807) is 28.6 Å². The predicted octanol–water partition coefficient (Wildman–Crippen LogP) is 3.16. The number of nitrogens with zero attached hydrogens (tertiary/aromatic N) is 2. The number of aromatic nitrogens is 2. The molecule has 3 aromatic rings. The number of H-pyrrole nitrogens is 1. The van der Waals surface area contributed by atoms with E-state index >= 15 is 0 Å². The Labute approximate surface area is 176 Å². The van der Waals surface area contributed by atoms with Gasteiger partial charge in [-0.2, -0.15) is 4.31 Å². The number of hydrogen-bond donors (Lipinski definition) is 2. The largest absolute Gasteiger partial charge is 0.346 e. The first-order chi connectivity index (χ1) is 14.4. The van der Waals surface area contributed by atoms with Crippen LogP contribution in [0, 0.1) is 0 Å². The first-order valence-corrected chi connectivity index (χ1v) is 11.7. The lowest BCUT2D eigenvalue weighted by Gasteiger charge is -2.25. The fourth-order valence-corrected chi connectivity index (χ4v) is 5.27. The summed E-state index contributed by atoms with van der Waals surface area (Å²) in [7, 11) is -3.45. The minimum Gasteiger partial charge on any atom is -0.346 e. The zero-order valence-corrected chi connectivity index (χ0v) is 17.8. The molecule has 4 rings (SSSR count). The average molecular weight is 427 g/mol. The molecule has 1 aliphatic heterocycles. The van der Waals surface area contributed by atoms with Crippen molar-refractivity contribution in [3.63, 3.8) is 0 Å². The molecule has 1 atom stereocenters. The van der Waals surface area contributed by atoms with Crippen LogP contribution in [0.5, 0.6) is 0 Å². The van der Waals surface area contributed by atoms with Crippen LogP contribution in [0.25, 0.3) is 11.0 Å². The van der Waals surface area contributed by atoms with E-state index in [9.17, 15) is 13.2 Å². The molecule has 0 radical (unpaired) electrons. The number of piperidine rings is 1. The minimum absolute atomic E-state index is 0.144. The maximum atomic E-state index is 12.7. The molecule has 1 fully saturated rings. The summed E-state index contributed by atoms with van der Waals surface area (Å²) in [5.41, 5.74) is 2.56. The van der Waals surface area contributed by atoms with Gasteiger partial charge in [0.25, 0.3) is 0 Å². The quantitative estimate of drug-likeness (QED) is 0.633. The summed E-state index contributed by atoms with van der Waals surface area (Å²) in [5.74, 6) is 0.558. The molecule has 8 heteroatoms. The Kier molecular flexibility index (Phi) is 5.87. The zero-order valence-electron chi connectivity index (χ0n) is 17.0. The van der Waals surface area contributed by atoms with Gasteiger partial charge < -0.3 is 10.3 Å². The standard InChI is InChI=1S/C22H26N4O3S/c1-16(22-24-19-7-3-4-8-20(19)25-22)23-21(27)15-17-9-11-18(12-10-17)30(28,29)26-13-5-2-6-14-26/h3-4,7-12,16H,2,5-6,13-15H2,1H3,(H,23,27)(H,24,25).